The van der Waals surface area contributed by atoms with Crippen molar-refractivity contribution in [2.75, 3.05) is 13.7 Å². The zero-order valence-corrected chi connectivity index (χ0v) is 26.2. The van der Waals surface area contributed by atoms with Gasteiger partial charge in [0, 0.05) is 24.7 Å². The quantitative estimate of drug-likeness (QED) is 0.264. The van der Waals surface area contributed by atoms with Crippen molar-refractivity contribution in [2.45, 2.75) is 121 Å². The van der Waals surface area contributed by atoms with E-state index in [0.717, 1.165) is 38.5 Å². The average molecular weight is 593 g/mol. The van der Waals surface area contributed by atoms with Gasteiger partial charge in [-0.25, -0.2) is 4.79 Å². The first-order valence-corrected chi connectivity index (χ1v) is 16.2. The number of hydrogen-bond donors (Lipinski definition) is 3. The van der Waals surface area contributed by atoms with E-state index < -0.39 is 40.6 Å². The summed E-state index contributed by atoms with van der Waals surface area (Å²) in [4.78, 5) is 55.8. The number of nitrogens with one attached hydrogen (secondary N) is 3. The summed E-state index contributed by atoms with van der Waals surface area (Å²) in [6, 6.07) is -1.80. The first kappa shape index (κ1) is 31.5. The van der Waals surface area contributed by atoms with E-state index in [0.29, 0.717) is 11.7 Å². The average Bonchev–Trinajstić information content (AvgIpc) is 3.80. The molecule has 1 aliphatic heterocycles. The Balaban J connectivity index is 1.52. The van der Waals surface area contributed by atoms with Gasteiger partial charge < -0.3 is 29.7 Å². The van der Waals surface area contributed by atoms with Crippen molar-refractivity contribution >= 4 is 39.9 Å². The largest absolute Gasteiger partial charge is 0.446 e. The molecular weight excluding hydrogens is 544 g/mol. The number of hydrogen-bond acceptors (Lipinski definition) is 6. The Hall–Kier alpha value is -2.40. The fourth-order valence-corrected chi connectivity index (χ4v) is 7.69. The molecule has 2 unspecified atom stereocenters. The van der Waals surface area contributed by atoms with Crippen LogP contribution < -0.4 is 15.4 Å². The van der Waals surface area contributed by atoms with Gasteiger partial charge in [-0.2, -0.15) is 0 Å². The summed E-state index contributed by atoms with van der Waals surface area (Å²) in [6.45, 7) is 13.5. The van der Waals surface area contributed by atoms with E-state index in [1.807, 2.05) is 40.0 Å². The number of amides is 4. The zero-order chi connectivity index (χ0) is 30.2. The summed E-state index contributed by atoms with van der Waals surface area (Å²) in [7, 11) is 1.22. The van der Waals surface area contributed by atoms with Crippen LogP contribution in [0.5, 0.6) is 0 Å². The van der Waals surface area contributed by atoms with Crippen molar-refractivity contribution in [3.8, 4) is 0 Å². The maximum absolute atomic E-state index is 14.1. The molecule has 41 heavy (non-hydrogen) atoms. The van der Waals surface area contributed by atoms with Crippen LogP contribution in [0.15, 0.2) is 12.7 Å². The Labute approximate surface area is 246 Å². The Kier molecular flexibility index (Phi) is 9.28. The molecule has 11 heteroatoms. The molecular formula is C30H48N4O6S. The van der Waals surface area contributed by atoms with Gasteiger partial charge >= 0.3 is 6.09 Å². The van der Waals surface area contributed by atoms with Crippen molar-refractivity contribution in [1.29, 1.82) is 0 Å². The van der Waals surface area contributed by atoms with Gasteiger partial charge in [0.15, 0.2) is 0 Å². The smallest absolute Gasteiger partial charge is 0.408 e. The van der Waals surface area contributed by atoms with Crippen molar-refractivity contribution in [3.05, 3.63) is 12.7 Å². The van der Waals surface area contributed by atoms with Crippen LogP contribution in [0.2, 0.25) is 0 Å². The first-order valence-electron chi connectivity index (χ1n) is 14.9. The van der Waals surface area contributed by atoms with E-state index in [1.165, 1.54) is 4.90 Å². The van der Waals surface area contributed by atoms with Gasteiger partial charge in [-0.3, -0.25) is 14.4 Å². The number of nitrogens with zero attached hydrogens (tertiary/aromatic N) is 1. The number of methoxy groups -OCH3 is 1. The maximum Gasteiger partial charge on any atom is 0.408 e. The standard InChI is InChI=1S/C30H48N4O6S/c1-8-19-16-30(19,26(37)33-41(9-2)21-14-15-21)32-24(35)22-17-29(6,39-7)18-34(22)25(36)23(28(3,4)5)31-27(38)40-20-12-10-11-13-20/h8-9,19-23H,1,10-18H2,2-7H3,(H,31,38)(H,32,35)(H,33,37)/t19?,22-,23+,29-,30+,41?/m0/s1. The Morgan fingerprint density at radius 2 is 1.76 bits per heavy atom. The molecule has 3 aliphatic carbocycles. The molecule has 4 aliphatic rings. The van der Waals surface area contributed by atoms with Crippen molar-refractivity contribution in [2.24, 2.45) is 11.3 Å². The van der Waals surface area contributed by atoms with Crippen LogP contribution >= 0.6 is 10.7 Å². The van der Waals surface area contributed by atoms with E-state index in [1.54, 1.807) is 13.2 Å². The second-order valence-electron chi connectivity index (χ2n) is 13.3. The molecule has 1 saturated heterocycles. The van der Waals surface area contributed by atoms with E-state index >= 15 is 0 Å². The number of carbonyl (C=O) groups is 4. The lowest BCUT2D eigenvalue weighted by Crippen LogP contribution is -2.60. The molecule has 1 heterocycles. The molecule has 3 saturated carbocycles. The normalized spacial score (nSPS) is 31.3. The summed E-state index contributed by atoms with van der Waals surface area (Å²) in [6.07, 6.45) is 7.51. The van der Waals surface area contributed by atoms with Gasteiger partial charge in [-0.05, 0) is 69.6 Å². The highest BCUT2D eigenvalue weighted by Gasteiger charge is 2.61. The first-order chi connectivity index (χ1) is 19.3. The predicted molar refractivity (Wildman–Crippen MR) is 160 cm³/mol. The SMILES string of the molecule is C=CC1C[C@]1(NC(=O)[C@@H]1C[C@](C)(OC)CN1C(=O)[C@@H](NC(=O)OC1CCCC1)C(C)(C)C)C(=O)N/S(=C\C)C1CC1. The molecule has 0 spiro atoms. The molecule has 4 amide bonds. The summed E-state index contributed by atoms with van der Waals surface area (Å²) >= 11 is 0. The summed E-state index contributed by atoms with van der Waals surface area (Å²) in [5, 5.41) is 8.31. The topological polar surface area (TPSA) is 126 Å². The highest BCUT2D eigenvalue weighted by atomic mass is 32.2. The van der Waals surface area contributed by atoms with Crippen LogP contribution in [-0.4, -0.2) is 82.3 Å². The van der Waals surface area contributed by atoms with Gasteiger partial charge in [0.1, 0.15) is 23.7 Å². The Bertz CT molecular complexity index is 1100. The third kappa shape index (κ3) is 6.98. The van der Waals surface area contributed by atoms with Crippen molar-refractivity contribution in [3.63, 3.8) is 0 Å². The predicted octanol–water partition coefficient (Wildman–Crippen LogP) is 3.42. The zero-order valence-electron chi connectivity index (χ0n) is 25.4. The second-order valence-corrected chi connectivity index (χ2v) is 15.4. The lowest BCUT2D eigenvalue weighted by molar-refractivity contribution is -0.143. The van der Waals surface area contributed by atoms with E-state index in [9.17, 15) is 19.2 Å². The summed E-state index contributed by atoms with van der Waals surface area (Å²) in [5.41, 5.74) is -2.51. The molecule has 4 fully saturated rings. The van der Waals surface area contributed by atoms with Gasteiger partial charge in [0.2, 0.25) is 11.8 Å². The van der Waals surface area contributed by atoms with E-state index in [-0.39, 0.29) is 47.5 Å². The maximum atomic E-state index is 14.1. The van der Waals surface area contributed by atoms with Crippen LogP contribution in [0.3, 0.4) is 0 Å². The molecule has 3 N–H and O–H groups in total. The van der Waals surface area contributed by atoms with Crippen molar-refractivity contribution < 1.29 is 28.7 Å². The van der Waals surface area contributed by atoms with Crippen LogP contribution in [0.25, 0.3) is 0 Å². The minimum absolute atomic E-state index is 0.142. The Morgan fingerprint density at radius 1 is 1.10 bits per heavy atom. The molecule has 230 valence electrons. The number of alkyl carbamates (subject to hydrolysis) is 1. The minimum Gasteiger partial charge on any atom is -0.446 e. The molecule has 0 aromatic carbocycles. The minimum atomic E-state index is -1.09. The van der Waals surface area contributed by atoms with Crippen LogP contribution in [0.4, 0.5) is 4.79 Å². The van der Waals surface area contributed by atoms with Crippen LogP contribution in [-0.2, 0) is 23.9 Å². The lowest BCUT2D eigenvalue weighted by atomic mass is 9.85. The highest BCUT2D eigenvalue weighted by molar-refractivity contribution is 8.14. The third-order valence-electron chi connectivity index (χ3n) is 8.93. The number of carbonyl (C=O) groups excluding carboxylic acids is 4. The molecule has 4 rings (SSSR count). The van der Waals surface area contributed by atoms with Crippen molar-refractivity contribution in [1.82, 2.24) is 20.3 Å². The van der Waals surface area contributed by atoms with Gasteiger partial charge in [0.05, 0.1) is 12.1 Å². The number of rotatable bonds is 10. The second kappa shape index (κ2) is 12.1. The number of likely N-dealkylation sites (tertiary alicyclic amines) is 1. The molecule has 10 nitrogen and oxygen atoms in total. The van der Waals surface area contributed by atoms with Gasteiger partial charge in [-0.15, -0.1) is 6.58 Å². The molecule has 0 radical (unpaired) electrons. The third-order valence-corrected chi connectivity index (χ3v) is 11.1. The van der Waals surface area contributed by atoms with Crippen LogP contribution in [0, 0.1) is 11.3 Å². The van der Waals surface area contributed by atoms with Crippen LogP contribution in [0.1, 0.15) is 86.0 Å². The molecule has 0 aromatic heterocycles. The highest BCUT2D eigenvalue weighted by Crippen LogP contribution is 2.47. The fraction of sp³-hybridized carbons (Fsp3) is 0.767. The number of ether oxygens (including phenoxy) is 2. The summed E-state index contributed by atoms with van der Waals surface area (Å²) < 4.78 is 14.5. The van der Waals surface area contributed by atoms with Gasteiger partial charge in [-0.1, -0.05) is 37.5 Å². The van der Waals surface area contributed by atoms with E-state index in [2.05, 4.69) is 21.9 Å². The lowest BCUT2D eigenvalue weighted by Gasteiger charge is -2.35. The monoisotopic (exact) mass is 592 g/mol. The van der Waals surface area contributed by atoms with E-state index in [4.69, 9.17) is 9.47 Å². The molecule has 0 bridgehead atoms. The Morgan fingerprint density at radius 3 is 2.27 bits per heavy atom. The fourth-order valence-electron chi connectivity index (χ4n) is 5.98. The molecule has 6 atom stereocenters. The van der Waals surface area contributed by atoms with Gasteiger partial charge in [0.25, 0.3) is 5.91 Å². The summed E-state index contributed by atoms with van der Waals surface area (Å²) in [5.74, 6) is -1.20. The molecule has 0 aromatic rings.